The zero-order valence-corrected chi connectivity index (χ0v) is 11.1. The summed E-state index contributed by atoms with van der Waals surface area (Å²) in [5, 5.41) is 21.2. The third-order valence-corrected chi connectivity index (χ3v) is 2.78. The number of aliphatic hydroxyl groups is 2. The molecule has 4 nitrogen and oxygen atoms in total. The van der Waals surface area contributed by atoms with Gasteiger partial charge in [-0.3, -0.25) is 0 Å². The molecule has 0 fully saturated rings. The third-order valence-electron chi connectivity index (χ3n) is 2.78. The van der Waals surface area contributed by atoms with Gasteiger partial charge in [0, 0.05) is 6.04 Å². The highest BCUT2D eigenvalue weighted by molar-refractivity contribution is 5.29. The summed E-state index contributed by atoms with van der Waals surface area (Å²) in [5.41, 5.74) is 1.10. The summed E-state index contributed by atoms with van der Waals surface area (Å²) in [6, 6.07) is 7.67. The van der Waals surface area contributed by atoms with E-state index >= 15 is 0 Å². The average molecular weight is 253 g/mol. The van der Waals surface area contributed by atoms with Gasteiger partial charge in [-0.25, -0.2) is 0 Å². The zero-order valence-electron chi connectivity index (χ0n) is 11.1. The first-order valence-corrected chi connectivity index (χ1v) is 6.41. The minimum absolute atomic E-state index is 0.0709. The molecule has 3 N–H and O–H groups in total. The SMILES string of the molecule is CCCOc1ccc(C(C)NC(CO)CO)cc1. The molecule has 0 bridgehead atoms. The summed E-state index contributed by atoms with van der Waals surface area (Å²) < 4.78 is 5.51. The molecule has 1 atom stereocenters. The van der Waals surface area contributed by atoms with E-state index in [9.17, 15) is 0 Å². The van der Waals surface area contributed by atoms with Gasteiger partial charge < -0.3 is 20.3 Å². The monoisotopic (exact) mass is 253 g/mol. The molecule has 0 amide bonds. The molecule has 1 aromatic carbocycles. The fraction of sp³-hybridized carbons (Fsp3) is 0.571. The van der Waals surface area contributed by atoms with Gasteiger partial charge in [0.1, 0.15) is 5.75 Å². The average Bonchev–Trinajstić information content (AvgIpc) is 2.42. The number of rotatable bonds is 8. The van der Waals surface area contributed by atoms with Crippen molar-refractivity contribution in [2.24, 2.45) is 0 Å². The van der Waals surface area contributed by atoms with Crippen LogP contribution >= 0.6 is 0 Å². The van der Waals surface area contributed by atoms with Crippen molar-refractivity contribution in [3.63, 3.8) is 0 Å². The van der Waals surface area contributed by atoms with Gasteiger partial charge in [-0.2, -0.15) is 0 Å². The van der Waals surface area contributed by atoms with E-state index in [1.54, 1.807) is 0 Å². The molecule has 0 aliphatic rings. The highest BCUT2D eigenvalue weighted by Gasteiger charge is 2.11. The van der Waals surface area contributed by atoms with Crippen LogP contribution in [0.15, 0.2) is 24.3 Å². The van der Waals surface area contributed by atoms with Crippen LogP contribution in [0.1, 0.15) is 31.9 Å². The van der Waals surface area contributed by atoms with Crippen LogP contribution in [0.2, 0.25) is 0 Å². The smallest absolute Gasteiger partial charge is 0.119 e. The van der Waals surface area contributed by atoms with Crippen LogP contribution < -0.4 is 10.1 Å². The molecule has 1 rings (SSSR count). The van der Waals surface area contributed by atoms with Crippen LogP contribution in [0.25, 0.3) is 0 Å². The van der Waals surface area contributed by atoms with E-state index in [1.807, 2.05) is 31.2 Å². The van der Waals surface area contributed by atoms with E-state index in [1.165, 1.54) is 0 Å². The van der Waals surface area contributed by atoms with Crippen molar-refractivity contribution >= 4 is 0 Å². The Morgan fingerprint density at radius 3 is 2.28 bits per heavy atom. The van der Waals surface area contributed by atoms with Gasteiger partial charge in [0.05, 0.1) is 25.9 Å². The molecule has 1 aromatic rings. The lowest BCUT2D eigenvalue weighted by atomic mass is 10.1. The predicted molar refractivity (Wildman–Crippen MR) is 71.7 cm³/mol. The molecular formula is C14H23NO3. The maximum atomic E-state index is 9.02. The van der Waals surface area contributed by atoms with Crippen LogP contribution in [0.3, 0.4) is 0 Å². The third kappa shape index (κ3) is 4.64. The van der Waals surface area contributed by atoms with Crippen molar-refractivity contribution in [2.75, 3.05) is 19.8 Å². The number of nitrogens with one attached hydrogen (secondary N) is 1. The van der Waals surface area contributed by atoms with E-state index < -0.39 is 0 Å². The summed E-state index contributed by atoms with van der Waals surface area (Å²) in [7, 11) is 0. The van der Waals surface area contributed by atoms with Gasteiger partial charge in [-0.15, -0.1) is 0 Å². The van der Waals surface area contributed by atoms with Crippen molar-refractivity contribution in [2.45, 2.75) is 32.4 Å². The second-order valence-corrected chi connectivity index (χ2v) is 4.37. The summed E-state index contributed by atoms with van der Waals surface area (Å²) >= 11 is 0. The minimum Gasteiger partial charge on any atom is -0.494 e. The van der Waals surface area contributed by atoms with Crippen LogP contribution in [0.5, 0.6) is 5.75 Å². The lowest BCUT2D eigenvalue weighted by Gasteiger charge is -2.20. The summed E-state index contributed by atoms with van der Waals surface area (Å²) in [5.74, 6) is 0.869. The Kier molecular flexibility index (Phi) is 6.72. The van der Waals surface area contributed by atoms with Crippen LogP contribution in [0, 0.1) is 0 Å². The first-order chi connectivity index (χ1) is 8.71. The van der Waals surface area contributed by atoms with E-state index in [-0.39, 0.29) is 25.3 Å². The first kappa shape index (κ1) is 15.0. The molecule has 0 heterocycles. The molecular weight excluding hydrogens is 230 g/mol. The van der Waals surface area contributed by atoms with Gasteiger partial charge in [0.15, 0.2) is 0 Å². The molecule has 0 radical (unpaired) electrons. The molecule has 4 heteroatoms. The van der Waals surface area contributed by atoms with Crippen molar-refractivity contribution in [3.05, 3.63) is 29.8 Å². The Balaban J connectivity index is 2.55. The Morgan fingerprint density at radius 2 is 1.78 bits per heavy atom. The van der Waals surface area contributed by atoms with Gasteiger partial charge >= 0.3 is 0 Å². The Morgan fingerprint density at radius 1 is 1.17 bits per heavy atom. The Bertz CT molecular complexity index is 322. The molecule has 102 valence electrons. The second kappa shape index (κ2) is 8.08. The predicted octanol–water partition coefficient (Wildman–Crippen LogP) is 1.48. The quantitative estimate of drug-likeness (QED) is 0.656. The summed E-state index contributed by atoms with van der Waals surface area (Å²) in [6.07, 6.45) is 0.994. The molecule has 0 aliphatic heterocycles. The van der Waals surface area contributed by atoms with Crippen molar-refractivity contribution in [3.8, 4) is 5.75 Å². The number of hydrogen-bond acceptors (Lipinski definition) is 4. The molecule has 18 heavy (non-hydrogen) atoms. The molecule has 0 saturated heterocycles. The Labute approximate surface area is 109 Å². The number of ether oxygens (including phenoxy) is 1. The van der Waals surface area contributed by atoms with Crippen molar-refractivity contribution in [1.82, 2.24) is 5.32 Å². The van der Waals surface area contributed by atoms with Crippen molar-refractivity contribution < 1.29 is 14.9 Å². The van der Waals surface area contributed by atoms with E-state index in [0.29, 0.717) is 0 Å². The van der Waals surface area contributed by atoms with Gasteiger partial charge in [-0.1, -0.05) is 19.1 Å². The normalized spacial score (nSPS) is 12.7. The largest absolute Gasteiger partial charge is 0.494 e. The first-order valence-electron chi connectivity index (χ1n) is 6.41. The molecule has 1 unspecified atom stereocenters. The number of aliphatic hydroxyl groups excluding tert-OH is 2. The molecule has 0 aromatic heterocycles. The lowest BCUT2D eigenvalue weighted by Crippen LogP contribution is -2.37. The van der Waals surface area contributed by atoms with Crippen LogP contribution in [0.4, 0.5) is 0 Å². The molecule has 0 saturated carbocycles. The second-order valence-electron chi connectivity index (χ2n) is 4.37. The highest BCUT2D eigenvalue weighted by atomic mass is 16.5. The van der Waals surface area contributed by atoms with E-state index in [2.05, 4.69) is 12.2 Å². The standard InChI is InChI=1S/C14H23NO3/c1-3-8-18-14-6-4-12(5-7-14)11(2)15-13(9-16)10-17/h4-7,11,13,15-17H,3,8-10H2,1-2H3. The number of benzene rings is 1. The van der Waals surface area contributed by atoms with E-state index in [0.717, 1.165) is 24.3 Å². The molecule has 0 spiro atoms. The lowest BCUT2D eigenvalue weighted by molar-refractivity contribution is 0.163. The zero-order chi connectivity index (χ0) is 13.4. The minimum atomic E-state index is -0.281. The highest BCUT2D eigenvalue weighted by Crippen LogP contribution is 2.18. The van der Waals surface area contributed by atoms with Gasteiger partial charge in [0.2, 0.25) is 0 Å². The topological polar surface area (TPSA) is 61.7 Å². The number of hydrogen-bond donors (Lipinski definition) is 3. The fourth-order valence-electron chi connectivity index (χ4n) is 1.69. The maximum Gasteiger partial charge on any atom is 0.119 e. The van der Waals surface area contributed by atoms with Gasteiger partial charge in [-0.05, 0) is 31.0 Å². The van der Waals surface area contributed by atoms with Crippen LogP contribution in [-0.4, -0.2) is 36.1 Å². The van der Waals surface area contributed by atoms with E-state index in [4.69, 9.17) is 14.9 Å². The summed E-state index contributed by atoms with van der Waals surface area (Å²) in [4.78, 5) is 0. The summed E-state index contributed by atoms with van der Waals surface area (Å²) in [6.45, 7) is 4.66. The van der Waals surface area contributed by atoms with Crippen LogP contribution in [-0.2, 0) is 0 Å². The Hall–Kier alpha value is -1.10. The fourth-order valence-corrected chi connectivity index (χ4v) is 1.69. The molecule has 0 aliphatic carbocycles. The maximum absolute atomic E-state index is 9.02. The van der Waals surface area contributed by atoms with Crippen molar-refractivity contribution in [1.29, 1.82) is 0 Å². The van der Waals surface area contributed by atoms with Gasteiger partial charge in [0.25, 0.3) is 0 Å².